The van der Waals surface area contributed by atoms with Gasteiger partial charge in [0.2, 0.25) is 19.5 Å². The Morgan fingerprint density at radius 3 is 2.07 bits per heavy atom. The van der Waals surface area contributed by atoms with E-state index in [0.717, 1.165) is 83.1 Å². The van der Waals surface area contributed by atoms with E-state index in [4.69, 9.17) is 33.7 Å². The Hall–Kier alpha value is -5.98. The predicted molar refractivity (Wildman–Crippen MR) is 224 cm³/mol. The van der Waals surface area contributed by atoms with Gasteiger partial charge in [-0.3, -0.25) is 9.59 Å². The molecule has 1 aliphatic carbocycles. The smallest absolute Gasteiger partial charge is 0.231 e. The fourth-order valence-electron chi connectivity index (χ4n) is 8.62. The molecular weight excluding hydrogens is 793 g/mol. The zero-order valence-electron chi connectivity index (χ0n) is 32.1. The quantitative estimate of drug-likeness (QED) is 0.131. The number of nitrogens with one attached hydrogen (secondary N) is 2. The molecule has 59 heavy (non-hydrogen) atoms. The van der Waals surface area contributed by atoms with Gasteiger partial charge in [-0.25, -0.2) is 9.97 Å². The first-order valence-corrected chi connectivity index (χ1v) is 19.6. The highest BCUT2D eigenvalue weighted by Gasteiger charge is 2.36. The zero-order valence-corrected chi connectivity index (χ0v) is 33.7. The lowest BCUT2D eigenvalue weighted by Crippen LogP contribution is -2.32. The van der Waals surface area contributed by atoms with Gasteiger partial charge < -0.3 is 38.6 Å². The molecule has 3 atom stereocenters. The summed E-state index contributed by atoms with van der Waals surface area (Å²) in [4.78, 5) is 45.3. The highest BCUT2D eigenvalue weighted by atomic mass is 35.5. The van der Waals surface area contributed by atoms with Crippen LogP contribution in [0.25, 0.3) is 22.5 Å². The molecule has 1 amide bonds. The van der Waals surface area contributed by atoms with Crippen LogP contribution in [0.4, 0.5) is 0 Å². The van der Waals surface area contributed by atoms with E-state index in [9.17, 15) is 9.59 Å². The number of ether oxygens (including phenoxy) is 5. The van der Waals surface area contributed by atoms with Gasteiger partial charge in [0.25, 0.3) is 0 Å². The molecule has 10 rings (SSSR count). The number of halogens is 2. The molecule has 12 nitrogen and oxygen atoms in total. The van der Waals surface area contributed by atoms with Gasteiger partial charge in [-0.1, -0.05) is 30.7 Å². The average molecular weight is 837 g/mol. The topological polar surface area (TPSA) is 141 Å². The number of rotatable bonds is 11. The number of H-pyrrole nitrogens is 2. The number of imidazole rings is 2. The van der Waals surface area contributed by atoms with Gasteiger partial charge in [0.1, 0.15) is 28.9 Å². The van der Waals surface area contributed by atoms with Crippen LogP contribution in [0.5, 0.6) is 34.5 Å². The number of hydrogen-bond acceptors (Lipinski definition) is 9. The van der Waals surface area contributed by atoms with Crippen LogP contribution in [-0.2, 0) is 22.4 Å². The van der Waals surface area contributed by atoms with Crippen LogP contribution in [0.3, 0.4) is 0 Å². The molecule has 0 radical (unpaired) electrons. The second-order valence-corrected chi connectivity index (χ2v) is 15.1. The van der Waals surface area contributed by atoms with Crippen molar-refractivity contribution in [2.75, 3.05) is 20.1 Å². The van der Waals surface area contributed by atoms with Gasteiger partial charge in [-0.05, 0) is 103 Å². The third-order valence-corrected chi connectivity index (χ3v) is 11.5. The Morgan fingerprint density at radius 1 is 0.661 bits per heavy atom. The monoisotopic (exact) mass is 835 g/mol. The largest absolute Gasteiger partial charge is 0.457 e. The fraction of sp³-hybridized carbons (Fsp3) is 0.289. The molecule has 2 fully saturated rings. The average Bonchev–Trinajstić information content (AvgIpc) is 4.09. The van der Waals surface area contributed by atoms with E-state index >= 15 is 0 Å². The van der Waals surface area contributed by atoms with Crippen molar-refractivity contribution in [3.63, 3.8) is 0 Å². The molecule has 2 N–H and O–H groups in total. The summed E-state index contributed by atoms with van der Waals surface area (Å²) in [6.07, 6.45) is 8.89. The molecule has 1 unspecified atom stereocenters. The third kappa shape index (κ3) is 8.20. The number of carbonyl (C=O) groups excluding carboxylic acids is 2. The van der Waals surface area contributed by atoms with Crippen molar-refractivity contribution in [1.82, 2.24) is 24.8 Å². The number of Topliss-reactive ketones (excluding diaryl/α,β-unsaturated/α-hetero) is 1. The number of aromatic amines is 2. The molecule has 3 aliphatic heterocycles. The lowest BCUT2D eigenvalue weighted by atomic mass is 9.88. The minimum absolute atomic E-state index is 0. The number of aromatic nitrogens is 4. The van der Waals surface area contributed by atoms with Crippen molar-refractivity contribution in [2.45, 2.75) is 56.9 Å². The van der Waals surface area contributed by atoms with Gasteiger partial charge in [-0.15, -0.1) is 24.8 Å². The molecule has 14 heteroatoms. The number of ketones is 1. The Kier molecular flexibility index (Phi) is 11.5. The minimum Gasteiger partial charge on any atom is -0.457 e. The van der Waals surface area contributed by atoms with Crippen molar-refractivity contribution < 1.29 is 33.3 Å². The number of fused-ring (bicyclic) bond motifs is 2. The van der Waals surface area contributed by atoms with Gasteiger partial charge in [0.05, 0.1) is 36.2 Å². The SMILES string of the molecule is Cl.Cl.O=C(Cc1ccc2c(c1)OCO2)C1CCC[C@H]1c1ncc(-c2cccc(Oc3ccc(-c4cnc([C@@H]5CCCN5C(=O)Cc5ccc6c(c5)OCO6)[nH]4)cc3)c2)[nH]1. The predicted octanol–water partition coefficient (Wildman–Crippen LogP) is 9.16. The van der Waals surface area contributed by atoms with Crippen molar-refractivity contribution in [2.24, 2.45) is 5.92 Å². The molecule has 304 valence electrons. The Bertz CT molecular complexity index is 2470. The second kappa shape index (κ2) is 17.1. The molecule has 5 heterocycles. The number of carbonyl (C=O) groups is 2. The first kappa shape index (κ1) is 39.8. The lowest BCUT2D eigenvalue weighted by Gasteiger charge is -2.23. The fourth-order valence-corrected chi connectivity index (χ4v) is 8.62. The Balaban J connectivity index is 0.00000242. The summed E-state index contributed by atoms with van der Waals surface area (Å²) in [6.45, 7) is 1.12. The Labute approximate surface area is 353 Å². The second-order valence-electron chi connectivity index (χ2n) is 15.1. The molecule has 4 aliphatic rings. The van der Waals surface area contributed by atoms with E-state index in [1.165, 1.54) is 0 Å². The van der Waals surface area contributed by atoms with Crippen LogP contribution in [0.1, 0.15) is 66.8 Å². The highest BCUT2D eigenvalue weighted by molar-refractivity contribution is 5.86. The first-order valence-electron chi connectivity index (χ1n) is 19.6. The third-order valence-electron chi connectivity index (χ3n) is 11.5. The van der Waals surface area contributed by atoms with E-state index in [2.05, 4.69) is 9.97 Å². The first-order chi connectivity index (χ1) is 28.0. The summed E-state index contributed by atoms with van der Waals surface area (Å²) in [5.41, 5.74) is 5.51. The molecule has 0 bridgehead atoms. The van der Waals surface area contributed by atoms with E-state index in [1.54, 1.807) is 0 Å². The van der Waals surface area contributed by atoms with Crippen LogP contribution in [0.15, 0.2) is 97.3 Å². The van der Waals surface area contributed by atoms with Crippen molar-refractivity contribution in [1.29, 1.82) is 0 Å². The number of hydrogen-bond donors (Lipinski definition) is 2. The van der Waals surface area contributed by atoms with E-state index < -0.39 is 0 Å². The molecule has 0 spiro atoms. The number of likely N-dealkylation sites (tertiary alicyclic amines) is 1. The zero-order chi connectivity index (χ0) is 38.3. The van der Waals surface area contributed by atoms with Gasteiger partial charge in [-0.2, -0.15) is 0 Å². The summed E-state index contributed by atoms with van der Waals surface area (Å²) >= 11 is 0. The van der Waals surface area contributed by atoms with Crippen LogP contribution in [0, 0.1) is 5.92 Å². The number of nitrogens with zero attached hydrogens (tertiary/aromatic N) is 3. The van der Waals surface area contributed by atoms with Crippen LogP contribution < -0.4 is 23.7 Å². The minimum atomic E-state index is -0.101. The highest BCUT2D eigenvalue weighted by Crippen LogP contribution is 2.41. The van der Waals surface area contributed by atoms with Crippen LogP contribution >= 0.6 is 24.8 Å². The van der Waals surface area contributed by atoms with E-state index in [-0.39, 0.29) is 68.0 Å². The van der Waals surface area contributed by atoms with Gasteiger partial charge in [0.15, 0.2) is 23.0 Å². The van der Waals surface area contributed by atoms with E-state index in [0.29, 0.717) is 48.1 Å². The maximum absolute atomic E-state index is 13.5. The molecule has 1 saturated carbocycles. The van der Waals surface area contributed by atoms with Gasteiger partial charge in [0, 0.05) is 30.4 Å². The van der Waals surface area contributed by atoms with E-state index in [1.807, 2.05) is 102 Å². The maximum atomic E-state index is 13.5. The van der Waals surface area contributed by atoms with Crippen molar-refractivity contribution in [3.8, 4) is 57.0 Å². The summed E-state index contributed by atoms with van der Waals surface area (Å²) < 4.78 is 28.1. The molecule has 1 saturated heterocycles. The molecule has 2 aromatic heterocycles. The summed E-state index contributed by atoms with van der Waals surface area (Å²) in [7, 11) is 0. The lowest BCUT2D eigenvalue weighted by molar-refractivity contribution is -0.131. The number of amides is 1. The molecule has 4 aromatic carbocycles. The Morgan fingerprint density at radius 2 is 1.32 bits per heavy atom. The number of benzene rings is 4. The van der Waals surface area contributed by atoms with Crippen molar-refractivity contribution >= 4 is 36.5 Å². The van der Waals surface area contributed by atoms with Crippen LogP contribution in [0.2, 0.25) is 0 Å². The standard InChI is InChI=1S/C45H41N5O7.2ClH/c51-38(18-27-9-15-39-41(19-27)55-25-53-39)33-6-2-7-34(33)44-46-24-36(48-44)30-4-1-5-32(22-30)57-31-13-11-29(12-14-31)35-23-47-45(49-35)37-8-3-17-50(37)43(52)21-28-10-16-40-42(20-28)56-26-54-40;;/h1,4-5,9-16,19-20,22-24,33-34,37H,2-3,6-8,17-18,21,25-26H2,(H,46,48)(H,47,49);2*1H/t33?,34-,37+;;/m1../s1. The molecule has 6 aromatic rings. The summed E-state index contributed by atoms with van der Waals surface area (Å²) in [5.74, 6) is 6.11. The summed E-state index contributed by atoms with van der Waals surface area (Å²) in [5, 5.41) is 0. The molecular formula is C45H43Cl2N5O7. The van der Waals surface area contributed by atoms with Crippen molar-refractivity contribution in [3.05, 3.63) is 120 Å². The summed E-state index contributed by atoms with van der Waals surface area (Å²) in [6, 6.07) is 27.1. The van der Waals surface area contributed by atoms with Gasteiger partial charge >= 0.3 is 0 Å². The maximum Gasteiger partial charge on any atom is 0.231 e. The van der Waals surface area contributed by atoms with Crippen LogP contribution in [-0.4, -0.2) is 56.7 Å². The normalized spacial score (nSPS) is 18.6.